The number of aliphatic hydroxyl groups is 1. The molecule has 1 aromatic heterocycles. The molecule has 1 aromatic carbocycles. The molecule has 2 N–H and O–H groups in total. The smallest absolute Gasteiger partial charge is 0.263 e. The van der Waals surface area contributed by atoms with E-state index in [9.17, 15) is 9.90 Å². The molecular weight excluding hydrogens is 260 g/mol. The van der Waals surface area contributed by atoms with E-state index in [0.717, 1.165) is 17.7 Å². The van der Waals surface area contributed by atoms with E-state index in [0.29, 0.717) is 4.88 Å². The number of carbonyl (C=O) groups excluding carboxylic acids is 1. The van der Waals surface area contributed by atoms with E-state index in [1.165, 1.54) is 11.3 Å². The number of aliphatic hydroxyl groups excluding tert-OH is 1. The van der Waals surface area contributed by atoms with Crippen molar-refractivity contribution in [2.75, 3.05) is 6.61 Å². The van der Waals surface area contributed by atoms with Crippen LogP contribution in [0.2, 0.25) is 0 Å². The van der Waals surface area contributed by atoms with E-state index >= 15 is 0 Å². The van der Waals surface area contributed by atoms with Gasteiger partial charge >= 0.3 is 0 Å². The average molecular weight is 276 g/mol. The molecule has 2 rings (SSSR count). The quantitative estimate of drug-likeness (QED) is 0.879. The van der Waals surface area contributed by atoms with Gasteiger partial charge in [-0.25, -0.2) is 4.98 Å². The van der Waals surface area contributed by atoms with Crippen LogP contribution in [-0.2, 0) is 6.42 Å². The maximum atomic E-state index is 12.2. The molecule has 1 atom stereocenters. The van der Waals surface area contributed by atoms with Crippen LogP contribution in [0.1, 0.15) is 33.9 Å². The van der Waals surface area contributed by atoms with Gasteiger partial charge in [0.1, 0.15) is 4.88 Å². The molecule has 1 heterocycles. The number of aryl methyl sites for hydroxylation is 1. The zero-order chi connectivity index (χ0) is 13.7. The van der Waals surface area contributed by atoms with E-state index in [2.05, 4.69) is 10.3 Å². The summed E-state index contributed by atoms with van der Waals surface area (Å²) < 4.78 is 0. The average Bonchev–Trinajstić information content (AvgIpc) is 2.94. The Labute approximate surface area is 116 Å². The van der Waals surface area contributed by atoms with Crippen molar-refractivity contribution in [2.45, 2.75) is 19.4 Å². The van der Waals surface area contributed by atoms with Crippen LogP contribution in [0.5, 0.6) is 0 Å². The lowest BCUT2D eigenvalue weighted by atomic mass is 10.1. The third kappa shape index (κ3) is 3.19. The van der Waals surface area contributed by atoms with Gasteiger partial charge in [-0.3, -0.25) is 4.79 Å². The van der Waals surface area contributed by atoms with Gasteiger partial charge in [0.05, 0.1) is 23.9 Å². The minimum atomic E-state index is -0.388. The summed E-state index contributed by atoms with van der Waals surface area (Å²) in [5.74, 6) is -0.178. The number of hydrogen-bond acceptors (Lipinski definition) is 4. The van der Waals surface area contributed by atoms with Crippen LogP contribution in [0.25, 0.3) is 0 Å². The number of nitrogens with zero attached hydrogens (tertiary/aromatic N) is 1. The van der Waals surface area contributed by atoms with E-state index in [-0.39, 0.29) is 18.6 Å². The Morgan fingerprint density at radius 3 is 2.79 bits per heavy atom. The minimum Gasteiger partial charge on any atom is -0.394 e. The first-order chi connectivity index (χ1) is 9.26. The van der Waals surface area contributed by atoms with Gasteiger partial charge in [-0.2, -0.15) is 0 Å². The van der Waals surface area contributed by atoms with Crippen molar-refractivity contribution >= 4 is 17.2 Å². The molecule has 100 valence electrons. The second-order valence-corrected chi connectivity index (χ2v) is 4.96. The second kappa shape index (κ2) is 6.45. The summed E-state index contributed by atoms with van der Waals surface area (Å²) in [5, 5.41) is 12.3. The highest BCUT2D eigenvalue weighted by molar-refractivity contribution is 7.11. The molecular formula is C14H16N2O2S. The summed E-state index contributed by atoms with van der Waals surface area (Å²) in [5.41, 5.74) is 3.36. The summed E-state index contributed by atoms with van der Waals surface area (Å²) in [6.07, 6.45) is 0.724. The Hall–Kier alpha value is -1.72. The topological polar surface area (TPSA) is 62.2 Å². The van der Waals surface area contributed by atoms with Crippen molar-refractivity contribution in [3.63, 3.8) is 0 Å². The van der Waals surface area contributed by atoms with Gasteiger partial charge in [-0.1, -0.05) is 37.3 Å². The van der Waals surface area contributed by atoms with Crippen LogP contribution in [0.4, 0.5) is 0 Å². The Kier molecular flexibility index (Phi) is 4.65. The third-order valence-electron chi connectivity index (χ3n) is 2.87. The molecule has 4 nitrogen and oxygen atoms in total. The number of hydrogen-bond donors (Lipinski definition) is 2. The Morgan fingerprint density at radius 2 is 2.16 bits per heavy atom. The lowest BCUT2D eigenvalue weighted by Gasteiger charge is -2.16. The highest BCUT2D eigenvalue weighted by atomic mass is 32.1. The molecule has 1 amide bonds. The summed E-state index contributed by atoms with van der Waals surface area (Å²) in [6, 6.07) is 9.05. The number of benzene rings is 1. The Balaban J connectivity index is 2.13. The first-order valence-electron chi connectivity index (χ1n) is 6.15. The number of aromatic nitrogens is 1. The minimum absolute atomic E-state index is 0.129. The monoisotopic (exact) mass is 276 g/mol. The fourth-order valence-electron chi connectivity index (χ4n) is 1.85. The summed E-state index contributed by atoms with van der Waals surface area (Å²) in [4.78, 5) is 17.0. The van der Waals surface area contributed by atoms with Gasteiger partial charge in [0.25, 0.3) is 5.91 Å². The number of rotatable bonds is 5. The molecule has 5 heteroatoms. The first kappa shape index (κ1) is 13.7. The molecule has 0 spiro atoms. The summed E-state index contributed by atoms with van der Waals surface area (Å²) in [7, 11) is 0. The third-order valence-corrected chi connectivity index (χ3v) is 3.74. The first-order valence-corrected chi connectivity index (χ1v) is 7.03. The van der Waals surface area contributed by atoms with Crippen molar-refractivity contribution in [1.29, 1.82) is 0 Å². The molecule has 0 aliphatic heterocycles. The summed E-state index contributed by atoms with van der Waals surface area (Å²) in [6.45, 7) is 1.84. The normalized spacial score (nSPS) is 12.1. The van der Waals surface area contributed by atoms with Gasteiger partial charge < -0.3 is 10.4 Å². The van der Waals surface area contributed by atoms with E-state index in [1.54, 1.807) is 5.51 Å². The molecule has 0 aliphatic carbocycles. The zero-order valence-corrected chi connectivity index (χ0v) is 11.5. The van der Waals surface area contributed by atoms with Crippen molar-refractivity contribution in [2.24, 2.45) is 0 Å². The van der Waals surface area contributed by atoms with E-state index < -0.39 is 0 Å². The second-order valence-electron chi connectivity index (χ2n) is 4.10. The summed E-state index contributed by atoms with van der Waals surface area (Å²) >= 11 is 1.33. The molecule has 19 heavy (non-hydrogen) atoms. The largest absolute Gasteiger partial charge is 0.394 e. The maximum Gasteiger partial charge on any atom is 0.263 e. The fraction of sp³-hybridized carbons (Fsp3) is 0.286. The zero-order valence-electron chi connectivity index (χ0n) is 10.7. The maximum absolute atomic E-state index is 12.2. The van der Waals surface area contributed by atoms with Crippen molar-refractivity contribution in [1.82, 2.24) is 10.3 Å². The molecule has 2 aromatic rings. The van der Waals surface area contributed by atoms with Crippen molar-refractivity contribution < 1.29 is 9.90 Å². The molecule has 0 bridgehead atoms. The van der Waals surface area contributed by atoms with Gasteiger partial charge in [0, 0.05) is 0 Å². The lowest BCUT2D eigenvalue weighted by Crippen LogP contribution is -2.30. The Morgan fingerprint density at radius 1 is 1.42 bits per heavy atom. The Bertz CT molecular complexity index is 539. The van der Waals surface area contributed by atoms with Crippen LogP contribution < -0.4 is 5.32 Å². The van der Waals surface area contributed by atoms with Crippen LogP contribution in [0, 0.1) is 0 Å². The molecule has 0 unspecified atom stereocenters. The SMILES string of the molecule is CCc1ncsc1C(=O)N[C@H](CO)c1ccccc1. The standard InChI is InChI=1S/C14H16N2O2S/c1-2-11-13(19-9-15-11)14(18)16-12(8-17)10-6-4-3-5-7-10/h3-7,9,12,17H,2,8H2,1H3,(H,16,18)/t12-/m1/s1. The van der Waals surface area contributed by atoms with Gasteiger partial charge in [-0.15, -0.1) is 11.3 Å². The molecule has 0 saturated heterocycles. The number of thiazole rings is 1. The highest BCUT2D eigenvalue weighted by Gasteiger charge is 2.18. The predicted octanol–water partition coefficient (Wildman–Crippen LogP) is 2.17. The molecule has 0 saturated carbocycles. The number of nitrogens with one attached hydrogen (secondary N) is 1. The van der Waals surface area contributed by atoms with E-state index in [1.807, 2.05) is 37.3 Å². The highest BCUT2D eigenvalue weighted by Crippen LogP contribution is 2.17. The fourth-order valence-corrected chi connectivity index (χ4v) is 2.63. The van der Waals surface area contributed by atoms with E-state index in [4.69, 9.17) is 0 Å². The number of amides is 1. The number of carbonyl (C=O) groups is 1. The molecule has 0 radical (unpaired) electrons. The molecule has 0 fully saturated rings. The van der Waals surface area contributed by atoms with Gasteiger partial charge in [0.15, 0.2) is 0 Å². The van der Waals surface area contributed by atoms with Crippen molar-refractivity contribution in [3.8, 4) is 0 Å². The van der Waals surface area contributed by atoms with Gasteiger partial charge in [0.2, 0.25) is 0 Å². The van der Waals surface area contributed by atoms with Crippen LogP contribution in [0.15, 0.2) is 35.8 Å². The van der Waals surface area contributed by atoms with Crippen LogP contribution >= 0.6 is 11.3 Å². The molecule has 0 aliphatic rings. The van der Waals surface area contributed by atoms with Crippen molar-refractivity contribution in [3.05, 3.63) is 52.0 Å². The lowest BCUT2D eigenvalue weighted by molar-refractivity contribution is 0.0919. The van der Waals surface area contributed by atoms with Crippen LogP contribution in [-0.4, -0.2) is 22.6 Å². The predicted molar refractivity (Wildman–Crippen MR) is 75.2 cm³/mol. The van der Waals surface area contributed by atoms with Gasteiger partial charge in [-0.05, 0) is 12.0 Å². The van der Waals surface area contributed by atoms with Crippen LogP contribution in [0.3, 0.4) is 0 Å².